The lowest BCUT2D eigenvalue weighted by Crippen LogP contribution is -2.29. The van der Waals surface area contributed by atoms with Crippen molar-refractivity contribution in [3.63, 3.8) is 0 Å². The Balaban J connectivity index is 2.63. The molecule has 0 aliphatic rings. The van der Waals surface area contributed by atoms with Gasteiger partial charge in [-0.3, -0.25) is 0 Å². The molecule has 0 bridgehead atoms. The van der Waals surface area contributed by atoms with Crippen LogP contribution in [-0.2, 0) is 6.42 Å². The van der Waals surface area contributed by atoms with E-state index in [9.17, 15) is 8.78 Å². The maximum Gasteiger partial charge on any atom is 0.126 e. The van der Waals surface area contributed by atoms with Gasteiger partial charge in [0.2, 0.25) is 0 Å². The van der Waals surface area contributed by atoms with Crippen molar-refractivity contribution in [1.29, 1.82) is 0 Å². The van der Waals surface area contributed by atoms with Gasteiger partial charge in [-0.1, -0.05) is 27.2 Å². The van der Waals surface area contributed by atoms with Gasteiger partial charge in [-0.2, -0.15) is 0 Å². The zero-order chi connectivity index (χ0) is 12.8. The van der Waals surface area contributed by atoms with Gasteiger partial charge < -0.3 is 5.32 Å². The van der Waals surface area contributed by atoms with Crippen LogP contribution >= 0.6 is 0 Å². The van der Waals surface area contributed by atoms with Crippen molar-refractivity contribution in [3.8, 4) is 0 Å². The van der Waals surface area contributed by atoms with Gasteiger partial charge in [0.05, 0.1) is 0 Å². The van der Waals surface area contributed by atoms with Crippen molar-refractivity contribution in [3.05, 3.63) is 35.4 Å². The molecule has 1 aromatic rings. The molecular formula is C14H21F2N. The molecule has 3 heteroatoms. The van der Waals surface area contributed by atoms with Crippen LogP contribution in [-0.4, -0.2) is 12.6 Å². The van der Waals surface area contributed by atoms with Gasteiger partial charge >= 0.3 is 0 Å². The predicted octanol–water partition coefficient (Wildman–Crippen LogP) is 3.53. The average Bonchev–Trinajstić information content (AvgIpc) is 2.28. The molecule has 17 heavy (non-hydrogen) atoms. The van der Waals surface area contributed by atoms with E-state index in [1.807, 2.05) is 0 Å². The number of hydrogen-bond acceptors (Lipinski definition) is 1. The first-order valence-electron chi connectivity index (χ1n) is 6.20. The molecule has 1 atom stereocenters. The minimum atomic E-state index is -0.368. The highest BCUT2D eigenvalue weighted by molar-refractivity contribution is 5.19. The highest BCUT2D eigenvalue weighted by atomic mass is 19.1. The molecule has 1 nitrogen and oxygen atoms in total. The number of rotatable bonds is 6. The smallest absolute Gasteiger partial charge is 0.126 e. The Morgan fingerprint density at radius 2 is 1.94 bits per heavy atom. The Bertz CT molecular complexity index is 350. The molecule has 0 aliphatic carbocycles. The van der Waals surface area contributed by atoms with E-state index < -0.39 is 0 Å². The molecule has 0 saturated carbocycles. The standard InChI is InChI=1S/C14H21F2N/c1-4-11(9-17-10(2)3)7-12-8-13(15)5-6-14(12)16/h5-6,8,10-11,17H,4,7,9H2,1-3H3. The van der Waals surface area contributed by atoms with E-state index in [0.29, 0.717) is 23.9 Å². The third kappa shape index (κ3) is 4.82. The summed E-state index contributed by atoms with van der Waals surface area (Å²) in [4.78, 5) is 0. The molecule has 0 aliphatic heterocycles. The lowest BCUT2D eigenvalue weighted by atomic mass is 9.96. The second kappa shape index (κ2) is 6.70. The Morgan fingerprint density at radius 1 is 1.24 bits per heavy atom. The SMILES string of the molecule is CCC(CNC(C)C)Cc1cc(F)ccc1F. The minimum absolute atomic E-state index is 0.311. The lowest BCUT2D eigenvalue weighted by molar-refractivity contribution is 0.428. The van der Waals surface area contributed by atoms with E-state index >= 15 is 0 Å². The summed E-state index contributed by atoms with van der Waals surface area (Å²) in [6.07, 6.45) is 1.54. The van der Waals surface area contributed by atoms with Crippen LogP contribution < -0.4 is 5.32 Å². The summed E-state index contributed by atoms with van der Waals surface area (Å²) in [6.45, 7) is 7.07. The molecule has 0 radical (unpaired) electrons. The number of hydrogen-bond donors (Lipinski definition) is 1. The fraction of sp³-hybridized carbons (Fsp3) is 0.571. The molecule has 0 saturated heterocycles. The van der Waals surface area contributed by atoms with Crippen molar-refractivity contribution < 1.29 is 8.78 Å². The van der Waals surface area contributed by atoms with Gasteiger partial charge in [0.25, 0.3) is 0 Å². The summed E-state index contributed by atoms with van der Waals surface area (Å²) in [5.74, 6) is -0.337. The minimum Gasteiger partial charge on any atom is -0.314 e. The fourth-order valence-corrected chi connectivity index (χ4v) is 1.77. The Kier molecular flexibility index (Phi) is 5.56. The highest BCUT2D eigenvalue weighted by Crippen LogP contribution is 2.16. The molecule has 1 rings (SSSR count). The average molecular weight is 241 g/mol. The third-order valence-corrected chi connectivity index (χ3v) is 2.91. The first-order valence-corrected chi connectivity index (χ1v) is 6.20. The van der Waals surface area contributed by atoms with Crippen molar-refractivity contribution >= 4 is 0 Å². The van der Waals surface area contributed by atoms with Crippen molar-refractivity contribution in [1.82, 2.24) is 5.32 Å². The zero-order valence-corrected chi connectivity index (χ0v) is 10.8. The van der Waals surface area contributed by atoms with Gasteiger partial charge in [0.15, 0.2) is 0 Å². The van der Waals surface area contributed by atoms with Crippen LogP contribution in [0.1, 0.15) is 32.8 Å². The van der Waals surface area contributed by atoms with Crippen molar-refractivity contribution in [2.75, 3.05) is 6.54 Å². The van der Waals surface area contributed by atoms with E-state index in [4.69, 9.17) is 0 Å². The maximum absolute atomic E-state index is 13.5. The van der Waals surface area contributed by atoms with E-state index in [1.54, 1.807) is 0 Å². The van der Waals surface area contributed by atoms with Gasteiger partial charge in [0, 0.05) is 6.04 Å². The molecule has 0 amide bonds. The van der Waals surface area contributed by atoms with Crippen LogP contribution in [0.15, 0.2) is 18.2 Å². The number of halogens is 2. The number of benzene rings is 1. The summed E-state index contributed by atoms with van der Waals surface area (Å²) in [5.41, 5.74) is 0.474. The first kappa shape index (κ1) is 14.1. The summed E-state index contributed by atoms with van der Waals surface area (Å²) in [6, 6.07) is 4.08. The zero-order valence-electron chi connectivity index (χ0n) is 10.8. The largest absolute Gasteiger partial charge is 0.314 e. The Hall–Kier alpha value is -0.960. The van der Waals surface area contributed by atoms with Crippen LogP contribution in [0, 0.1) is 17.6 Å². The van der Waals surface area contributed by atoms with Crippen molar-refractivity contribution in [2.45, 2.75) is 39.7 Å². The summed E-state index contributed by atoms with van der Waals surface area (Å²) in [7, 11) is 0. The molecule has 0 spiro atoms. The predicted molar refractivity (Wildman–Crippen MR) is 67.0 cm³/mol. The second-order valence-electron chi connectivity index (χ2n) is 4.78. The molecule has 0 heterocycles. The molecule has 96 valence electrons. The second-order valence-corrected chi connectivity index (χ2v) is 4.78. The molecule has 1 aromatic carbocycles. The van der Waals surface area contributed by atoms with Crippen molar-refractivity contribution in [2.24, 2.45) is 5.92 Å². The monoisotopic (exact) mass is 241 g/mol. The van der Waals surface area contributed by atoms with Crippen LogP contribution in [0.4, 0.5) is 8.78 Å². The number of nitrogens with one attached hydrogen (secondary N) is 1. The summed E-state index contributed by atoms with van der Waals surface area (Å²) in [5, 5.41) is 3.33. The fourth-order valence-electron chi connectivity index (χ4n) is 1.77. The van der Waals surface area contributed by atoms with E-state index in [-0.39, 0.29) is 11.6 Å². The normalized spacial score (nSPS) is 13.1. The molecule has 0 fully saturated rings. The third-order valence-electron chi connectivity index (χ3n) is 2.91. The van der Waals surface area contributed by atoms with Crippen LogP contribution in [0.3, 0.4) is 0 Å². The quantitative estimate of drug-likeness (QED) is 0.803. The van der Waals surface area contributed by atoms with Gasteiger partial charge in [-0.25, -0.2) is 8.78 Å². The van der Waals surface area contributed by atoms with Crippen LogP contribution in [0.5, 0.6) is 0 Å². The summed E-state index contributed by atoms with van der Waals surface area (Å²) < 4.78 is 26.5. The van der Waals surface area contributed by atoms with Crippen LogP contribution in [0.2, 0.25) is 0 Å². The first-order chi connectivity index (χ1) is 8.02. The highest BCUT2D eigenvalue weighted by Gasteiger charge is 2.12. The lowest BCUT2D eigenvalue weighted by Gasteiger charge is -2.18. The maximum atomic E-state index is 13.5. The van der Waals surface area contributed by atoms with Gasteiger partial charge in [0.1, 0.15) is 11.6 Å². The topological polar surface area (TPSA) is 12.0 Å². The molecular weight excluding hydrogens is 220 g/mol. The molecule has 1 unspecified atom stereocenters. The summed E-state index contributed by atoms with van der Waals surface area (Å²) >= 11 is 0. The Morgan fingerprint density at radius 3 is 2.53 bits per heavy atom. The van der Waals surface area contributed by atoms with E-state index in [0.717, 1.165) is 19.0 Å². The molecule has 1 N–H and O–H groups in total. The van der Waals surface area contributed by atoms with Crippen LogP contribution in [0.25, 0.3) is 0 Å². The van der Waals surface area contributed by atoms with E-state index in [1.165, 1.54) is 12.1 Å². The molecule has 0 aromatic heterocycles. The van der Waals surface area contributed by atoms with Gasteiger partial charge in [-0.15, -0.1) is 0 Å². The van der Waals surface area contributed by atoms with E-state index in [2.05, 4.69) is 26.1 Å². The Labute approximate surface area is 102 Å². The van der Waals surface area contributed by atoms with Gasteiger partial charge in [-0.05, 0) is 42.6 Å².